The van der Waals surface area contributed by atoms with Crippen molar-refractivity contribution in [2.24, 2.45) is 0 Å². The lowest BCUT2D eigenvalue weighted by Gasteiger charge is -2.02. The zero-order valence-corrected chi connectivity index (χ0v) is 8.47. The first-order valence-electron chi connectivity index (χ1n) is 2.73. The van der Waals surface area contributed by atoms with Crippen LogP contribution >= 0.6 is 46.4 Å². The average molecular weight is 245 g/mol. The highest BCUT2D eigenvalue weighted by Gasteiger charge is 2.13. The van der Waals surface area contributed by atoms with E-state index in [1.165, 1.54) is 0 Å². The second kappa shape index (κ2) is 3.79. The van der Waals surface area contributed by atoms with E-state index in [-0.39, 0.29) is 25.9 Å². The predicted octanol–water partition coefficient (Wildman–Crippen LogP) is 3.51. The molecule has 1 aromatic rings. The first-order valence-corrected chi connectivity index (χ1v) is 4.24. The fourth-order valence-corrected chi connectivity index (χ4v) is 1.43. The molecule has 0 unspecified atom stereocenters. The Hall–Kier alpha value is -0.0200. The molecular weight excluding hydrogens is 244 g/mol. The van der Waals surface area contributed by atoms with E-state index in [1.807, 2.05) is 0 Å². The molecule has 0 aliphatic carbocycles. The largest absolute Gasteiger partial charge is 0.298 e. The lowest BCUT2D eigenvalue weighted by molar-refractivity contribution is 0.112. The maximum Gasteiger partial charge on any atom is 0.153 e. The van der Waals surface area contributed by atoms with Crippen molar-refractivity contribution in [3.05, 3.63) is 25.9 Å². The molecule has 1 rings (SSSR count). The lowest BCUT2D eigenvalue weighted by atomic mass is 10.3. The topological polar surface area (TPSA) is 30.0 Å². The molecule has 0 fully saturated rings. The molecule has 0 N–H and O–H groups in total. The van der Waals surface area contributed by atoms with E-state index in [2.05, 4.69) is 4.98 Å². The van der Waals surface area contributed by atoms with E-state index >= 15 is 0 Å². The number of pyridine rings is 1. The Bertz CT molecular complexity index is 313. The minimum absolute atomic E-state index is 0.0149. The van der Waals surface area contributed by atoms with Crippen LogP contribution in [0.4, 0.5) is 0 Å². The number of hydrogen-bond donors (Lipinski definition) is 0. The number of aromatic nitrogens is 1. The summed E-state index contributed by atoms with van der Waals surface area (Å²) < 4.78 is 0. The van der Waals surface area contributed by atoms with Crippen molar-refractivity contribution in [3.8, 4) is 0 Å². The van der Waals surface area contributed by atoms with Crippen molar-refractivity contribution in [3.63, 3.8) is 0 Å². The molecule has 0 amide bonds. The molecule has 6 heteroatoms. The second-order valence-corrected chi connectivity index (χ2v) is 3.32. The summed E-state index contributed by atoms with van der Waals surface area (Å²) in [6, 6.07) is 0. The first-order chi connectivity index (χ1) is 5.57. The smallest absolute Gasteiger partial charge is 0.153 e. The number of carbonyl (C=O) groups is 1. The Morgan fingerprint density at radius 2 is 1.42 bits per heavy atom. The Kier molecular flexibility index (Phi) is 3.18. The molecule has 12 heavy (non-hydrogen) atoms. The summed E-state index contributed by atoms with van der Waals surface area (Å²) in [4.78, 5) is 14.0. The summed E-state index contributed by atoms with van der Waals surface area (Å²) in [7, 11) is 0. The molecule has 0 radical (unpaired) electrons. The van der Waals surface area contributed by atoms with E-state index in [4.69, 9.17) is 46.4 Å². The molecule has 1 heterocycles. The van der Waals surface area contributed by atoms with E-state index in [0.717, 1.165) is 0 Å². The van der Waals surface area contributed by atoms with Crippen LogP contribution in [0.1, 0.15) is 10.4 Å². The number of nitrogens with zero attached hydrogens (tertiary/aromatic N) is 1. The van der Waals surface area contributed by atoms with Gasteiger partial charge in [-0.1, -0.05) is 46.4 Å². The van der Waals surface area contributed by atoms with Gasteiger partial charge in [-0.15, -0.1) is 0 Å². The predicted molar refractivity (Wildman–Crippen MR) is 49.7 cm³/mol. The van der Waals surface area contributed by atoms with Crippen LogP contribution in [0.2, 0.25) is 20.4 Å². The Balaban J connectivity index is 3.52. The molecule has 0 saturated heterocycles. The molecule has 0 aliphatic heterocycles. The van der Waals surface area contributed by atoms with Crippen molar-refractivity contribution in [2.75, 3.05) is 0 Å². The van der Waals surface area contributed by atoms with Crippen molar-refractivity contribution in [1.82, 2.24) is 4.98 Å². The van der Waals surface area contributed by atoms with Crippen molar-refractivity contribution < 1.29 is 4.79 Å². The van der Waals surface area contributed by atoms with Gasteiger partial charge in [0.1, 0.15) is 10.3 Å². The SMILES string of the molecule is O=Cc1c(Cl)c(Cl)nc(Cl)c1Cl. The number of rotatable bonds is 1. The minimum Gasteiger partial charge on any atom is -0.298 e. The molecule has 0 atom stereocenters. The lowest BCUT2D eigenvalue weighted by Crippen LogP contribution is -1.90. The van der Waals surface area contributed by atoms with Crippen LogP contribution in [-0.4, -0.2) is 11.3 Å². The van der Waals surface area contributed by atoms with Crippen LogP contribution in [0.5, 0.6) is 0 Å². The van der Waals surface area contributed by atoms with E-state index in [0.29, 0.717) is 6.29 Å². The maximum atomic E-state index is 10.4. The van der Waals surface area contributed by atoms with Gasteiger partial charge in [0, 0.05) is 0 Å². The third kappa shape index (κ3) is 1.67. The molecule has 64 valence electrons. The fourth-order valence-electron chi connectivity index (χ4n) is 0.606. The van der Waals surface area contributed by atoms with Gasteiger partial charge >= 0.3 is 0 Å². The van der Waals surface area contributed by atoms with Gasteiger partial charge in [0.05, 0.1) is 15.6 Å². The number of aldehydes is 1. The summed E-state index contributed by atoms with van der Waals surface area (Å²) in [5.74, 6) is 0. The molecule has 0 bridgehead atoms. The van der Waals surface area contributed by atoms with Gasteiger partial charge in [-0.25, -0.2) is 4.98 Å². The van der Waals surface area contributed by atoms with Gasteiger partial charge in [-0.05, 0) is 0 Å². The summed E-state index contributed by atoms with van der Waals surface area (Å²) in [5, 5.41) is -0.0385. The van der Waals surface area contributed by atoms with Crippen molar-refractivity contribution >= 4 is 52.7 Å². The van der Waals surface area contributed by atoms with Gasteiger partial charge in [-0.2, -0.15) is 0 Å². The zero-order chi connectivity index (χ0) is 9.30. The third-order valence-corrected chi connectivity index (χ3v) is 2.66. The Labute approximate surface area is 88.4 Å². The summed E-state index contributed by atoms with van der Waals surface area (Å²) in [5.41, 5.74) is 0.0586. The van der Waals surface area contributed by atoms with Gasteiger partial charge in [0.15, 0.2) is 6.29 Å². The summed E-state index contributed by atoms with van der Waals surface area (Å²) in [6.07, 6.45) is 0.476. The van der Waals surface area contributed by atoms with Gasteiger partial charge < -0.3 is 0 Å². The highest BCUT2D eigenvalue weighted by molar-refractivity contribution is 6.48. The first kappa shape index (κ1) is 10.1. The number of hydrogen-bond acceptors (Lipinski definition) is 2. The van der Waals surface area contributed by atoms with Crippen LogP contribution in [-0.2, 0) is 0 Å². The standard InChI is InChI=1S/C6HCl4NO/c7-3-2(1-12)4(8)6(10)11-5(3)9/h1H. The quantitative estimate of drug-likeness (QED) is 0.559. The average Bonchev–Trinajstić information content (AvgIpc) is 2.02. The van der Waals surface area contributed by atoms with Gasteiger partial charge in [0.2, 0.25) is 0 Å². The van der Waals surface area contributed by atoms with Gasteiger partial charge in [0.25, 0.3) is 0 Å². The van der Waals surface area contributed by atoms with Crippen LogP contribution in [0.3, 0.4) is 0 Å². The molecule has 1 aromatic heterocycles. The molecule has 2 nitrogen and oxygen atoms in total. The van der Waals surface area contributed by atoms with Crippen LogP contribution in [0.15, 0.2) is 0 Å². The normalized spacial score (nSPS) is 10.0. The van der Waals surface area contributed by atoms with E-state index in [9.17, 15) is 4.79 Å². The summed E-state index contributed by atoms with van der Waals surface area (Å²) in [6.45, 7) is 0. The highest BCUT2D eigenvalue weighted by atomic mass is 35.5. The Morgan fingerprint density at radius 3 is 1.75 bits per heavy atom. The second-order valence-electron chi connectivity index (χ2n) is 1.85. The maximum absolute atomic E-state index is 10.4. The monoisotopic (exact) mass is 243 g/mol. The molecular formula is C6HCl4NO. The molecule has 0 spiro atoms. The van der Waals surface area contributed by atoms with Crippen LogP contribution in [0, 0.1) is 0 Å². The minimum atomic E-state index is -0.0341. The molecule has 0 aliphatic rings. The van der Waals surface area contributed by atoms with Crippen LogP contribution in [0.25, 0.3) is 0 Å². The number of carbonyl (C=O) groups excluding carboxylic acids is 1. The fraction of sp³-hybridized carbons (Fsp3) is 0. The van der Waals surface area contributed by atoms with Crippen molar-refractivity contribution in [1.29, 1.82) is 0 Å². The molecule has 0 saturated carbocycles. The van der Waals surface area contributed by atoms with Gasteiger partial charge in [-0.3, -0.25) is 4.79 Å². The van der Waals surface area contributed by atoms with E-state index < -0.39 is 0 Å². The highest BCUT2D eigenvalue weighted by Crippen LogP contribution is 2.32. The molecule has 0 aromatic carbocycles. The van der Waals surface area contributed by atoms with E-state index in [1.54, 1.807) is 0 Å². The van der Waals surface area contributed by atoms with Crippen LogP contribution < -0.4 is 0 Å². The zero-order valence-electron chi connectivity index (χ0n) is 5.44. The number of halogens is 4. The van der Waals surface area contributed by atoms with Crippen molar-refractivity contribution in [2.45, 2.75) is 0 Å². The summed E-state index contributed by atoms with van der Waals surface area (Å²) >= 11 is 22.3. The Morgan fingerprint density at radius 1 is 1.00 bits per heavy atom. The third-order valence-electron chi connectivity index (χ3n) is 1.15.